The molecule has 3 rings (SSSR count). The Hall–Kier alpha value is -2.25. The Morgan fingerprint density at radius 2 is 1.85 bits per heavy atom. The quantitative estimate of drug-likeness (QED) is 0.631. The van der Waals surface area contributed by atoms with E-state index in [-0.39, 0.29) is 27.1 Å². The molecule has 0 aliphatic heterocycles. The van der Waals surface area contributed by atoms with E-state index in [1.807, 2.05) is 0 Å². The van der Waals surface area contributed by atoms with Gasteiger partial charge in [-0.3, -0.25) is 9.20 Å². The summed E-state index contributed by atoms with van der Waals surface area (Å²) in [4.78, 5) is 17.0. The number of imidazole rings is 1. The summed E-state index contributed by atoms with van der Waals surface area (Å²) in [7, 11) is 0. The van der Waals surface area contributed by atoms with Gasteiger partial charge in [0, 0.05) is 6.20 Å². The van der Waals surface area contributed by atoms with Gasteiger partial charge < -0.3 is 5.32 Å². The van der Waals surface area contributed by atoms with Gasteiger partial charge in [0.25, 0.3) is 5.91 Å². The number of fused-ring (bicyclic) bond motifs is 1. The number of hydrogen-bond donors (Lipinski definition) is 1. The van der Waals surface area contributed by atoms with Crippen molar-refractivity contribution in [3.8, 4) is 0 Å². The first-order valence-corrected chi connectivity index (χ1v) is 8.31. The van der Waals surface area contributed by atoms with Gasteiger partial charge in [-0.25, -0.2) is 4.98 Å². The SMILES string of the molecule is CCc1nc2ccc(C(F)(F)F)cn2c1C(=O)Nc1c(Cl)cccc1Cl. The van der Waals surface area contributed by atoms with Crippen LogP contribution in [0, 0.1) is 0 Å². The Labute approximate surface area is 156 Å². The van der Waals surface area contributed by atoms with Crippen LogP contribution in [0.4, 0.5) is 18.9 Å². The minimum atomic E-state index is -4.54. The van der Waals surface area contributed by atoms with Crippen molar-refractivity contribution >= 4 is 40.4 Å². The summed E-state index contributed by atoms with van der Waals surface area (Å²) >= 11 is 12.1. The highest BCUT2D eigenvalue weighted by Gasteiger charge is 2.32. The zero-order valence-electron chi connectivity index (χ0n) is 13.4. The third-order valence-corrected chi connectivity index (χ3v) is 4.40. The number of pyridine rings is 1. The van der Waals surface area contributed by atoms with Gasteiger partial charge in [0.05, 0.1) is 27.0 Å². The number of hydrogen-bond acceptors (Lipinski definition) is 2. The van der Waals surface area contributed by atoms with E-state index < -0.39 is 17.6 Å². The van der Waals surface area contributed by atoms with Crippen molar-refractivity contribution in [1.82, 2.24) is 9.38 Å². The Morgan fingerprint density at radius 1 is 1.19 bits per heavy atom. The van der Waals surface area contributed by atoms with Crippen LogP contribution in [0.25, 0.3) is 5.65 Å². The Morgan fingerprint density at radius 3 is 2.42 bits per heavy atom. The molecule has 3 aromatic rings. The van der Waals surface area contributed by atoms with Gasteiger partial charge in [0.1, 0.15) is 11.3 Å². The topological polar surface area (TPSA) is 46.4 Å². The Kier molecular flexibility index (Phi) is 4.86. The Balaban J connectivity index is 2.11. The number of alkyl halides is 3. The van der Waals surface area contributed by atoms with E-state index in [2.05, 4.69) is 10.3 Å². The molecule has 0 aliphatic rings. The summed E-state index contributed by atoms with van der Waals surface area (Å²) in [6.45, 7) is 1.76. The molecule has 0 aliphatic carbocycles. The molecule has 0 fully saturated rings. The maximum atomic E-state index is 13.0. The lowest BCUT2D eigenvalue weighted by Crippen LogP contribution is -2.17. The number of anilines is 1. The lowest BCUT2D eigenvalue weighted by molar-refractivity contribution is -0.137. The molecule has 136 valence electrons. The molecule has 26 heavy (non-hydrogen) atoms. The number of para-hydroxylation sites is 1. The molecule has 4 nitrogen and oxygen atoms in total. The molecule has 0 atom stereocenters. The average molecular weight is 402 g/mol. The van der Waals surface area contributed by atoms with Crippen molar-refractivity contribution in [2.75, 3.05) is 5.32 Å². The number of aromatic nitrogens is 2. The number of carbonyl (C=O) groups is 1. The number of benzene rings is 1. The van der Waals surface area contributed by atoms with E-state index in [0.29, 0.717) is 12.1 Å². The van der Waals surface area contributed by atoms with Crippen LogP contribution < -0.4 is 5.32 Å². The fraction of sp³-hybridized carbons (Fsp3) is 0.176. The number of nitrogens with zero attached hydrogens (tertiary/aromatic N) is 2. The predicted molar refractivity (Wildman–Crippen MR) is 94.0 cm³/mol. The third-order valence-electron chi connectivity index (χ3n) is 3.77. The molecule has 1 N–H and O–H groups in total. The number of aryl methyl sites for hydroxylation is 1. The largest absolute Gasteiger partial charge is 0.417 e. The lowest BCUT2D eigenvalue weighted by atomic mass is 10.2. The van der Waals surface area contributed by atoms with E-state index in [9.17, 15) is 18.0 Å². The van der Waals surface area contributed by atoms with E-state index >= 15 is 0 Å². The van der Waals surface area contributed by atoms with Gasteiger partial charge in [-0.05, 0) is 30.7 Å². The highest BCUT2D eigenvalue weighted by atomic mass is 35.5. The van der Waals surface area contributed by atoms with Crippen LogP contribution in [-0.4, -0.2) is 15.3 Å². The van der Waals surface area contributed by atoms with Gasteiger partial charge in [-0.1, -0.05) is 36.2 Å². The summed E-state index contributed by atoms with van der Waals surface area (Å²) < 4.78 is 40.2. The lowest BCUT2D eigenvalue weighted by Gasteiger charge is -2.11. The van der Waals surface area contributed by atoms with Crippen molar-refractivity contribution in [1.29, 1.82) is 0 Å². The maximum Gasteiger partial charge on any atom is 0.417 e. The summed E-state index contributed by atoms with van der Waals surface area (Å²) in [5.74, 6) is -0.649. The minimum Gasteiger partial charge on any atom is -0.318 e. The number of carbonyl (C=O) groups excluding carboxylic acids is 1. The molecular weight excluding hydrogens is 390 g/mol. The standard InChI is InChI=1S/C17H12Cl2F3N3O/c1-2-12-15(16(26)24-14-10(18)4-3-5-11(14)19)25-8-9(17(20,21)22)6-7-13(25)23-12/h3-8H,2H2,1H3,(H,24,26). The summed E-state index contributed by atoms with van der Waals surface area (Å²) in [6.07, 6.45) is -3.32. The molecule has 1 amide bonds. The number of amides is 1. The number of rotatable bonds is 3. The average Bonchev–Trinajstić information content (AvgIpc) is 2.95. The molecular formula is C17H12Cl2F3N3O. The van der Waals surface area contributed by atoms with Crippen molar-refractivity contribution in [3.63, 3.8) is 0 Å². The second-order valence-corrected chi connectivity index (χ2v) is 6.27. The van der Waals surface area contributed by atoms with Gasteiger partial charge in [0.2, 0.25) is 0 Å². The molecule has 2 aromatic heterocycles. The maximum absolute atomic E-state index is 13.0. The molecule has 1 aromatic carbocycles. The van der Waals surface area contributed by atoms with Crippen LogP contribution in [0.5, 0.6) is 0 Å². The summed E-state index contributed by atoms with van der Waals surface area (Å²) in [5, 5.41) is 2.99. The van der Waals surface area contributed by atoms with Crippen LogP contribution in [-0.2, 0) is 12.6 Å². The normalized spacial score (nSPS) is 11.8. The van der Waals surface area contributed by atoms with Crippen molar-refractivity contribution in [2.24, 2.45) is 0 Å². The summed E-state index contributed by atoms with van der Waals surface area (Å²) in [6, 6.07) is 6.84. The monoisotopic (exact) mass is 401 g/mol. The van der Waals surface area contributed by atoms with Gasteiger partial charge >= 0.3 is 6.18 Å². The molecule has 0 radical (unpaired) electrons. The van der Waals surface area contributed by atoms with Gasteiger partial charge in [0.15, 0.2) is 0 Å². The molecule has 0 spiro atoms. The molecule has 0 saturated heterocycles. The smallest absolute Gasteiger partial charge is 0.318 e. The highest BCUT2D eigenvalue weighted by molar-refractivity contribution is 6.40. The fourth-order valence-electron chi connectivity index (χ4n) is 2.54. The van der Waals surface area contributed by atoms with Crippen LogP contribution >= 0.6 is 23.2 Å². The first kappa shape index (κ1) is 18.5. The zero-order valence-corrected chi connectivity index (χ0v) is 14.9. The van der Waals surface area contributed by atoms with E-state index in [4.69, 9.17) is 23.2 Å². The molecule has 0 unspecified atom stereocenters. The zero-order chi connectivity index (χ0) is 19.1. The van der Waals surface area contributed by atoms with E-state index in [1.54, 1.807) is 25.1 Å². The van der Waals surface area contributed by atoms with E-state index in [0.717, 1.165) is 16.7 Å². The van der Waals surface area contributed by atoms with Crippen molar-refractivity contribution in [3.05, 3.63) is 63.5 Å². The van der Waals surface area contributed by atoms with Gasteiger partial charge in [-0.15, -0.1) is 0 Å². The highest BCUT2D eigenvalue weighted by Crippen LogP contribution is 2.32. The summed E-state index contributed by atoms with van der Waals surface area (Å²) in [5.41, 5.74) is -0.0838. The van der Waals surface area contributed by atoms with Gasteiger partial charge in [-0.2, -0.15) is 13.2 Å². The Bertz CT molecular complexity index is 979. The van der Waals surface area contributed by atoms with E-state index in [1.165, 1.54) is 6.07 Å². The van der Waals surface area contributed by atoms with Crippen LogP contribution in [0.3, 0.4) is 0 Å². The number of nitrogens with one attached hydrogen (secondary N) is 1. The van der Waals surface area contributed by atoms with Crippen LogP contribution in [0.15, 0.2) is 36.5 Å². The first-order valence-electron chi connectivity index (χ1n) is 7.56. The molecule has 9 heteroatoms. The third kappa shape index (κ3) is 3.37. The minimum absolute atomic E-state index is 0.00425. The molecule has 0 saturated carbocycles. The first-order chi connectivity index (χ1) is 12.2. The predicted octanol–water partition coefficient (Wildman–Crippen LogP) is 5.47. The second-order valence-electron chi connectivity index (χ2n) is 5.46. The van der Waals surface area contributed by atoms with Crippen molar-refractivity contribution in [2.45, 2.75) is 19.5 Å². The molecule has 2 heterocycles. The fourth-order valence-corrected chi connectivity index (χ4v) is 3.03. The molecule has 0 bridgehead atoms. The van der Waals surface area contributed by atoms with Crippen LogP contribution in [0.2, 0.25) is 10.0 Å². The van der Waals surface area contributed by atoms with Crippen molar-refractivity contribution < 1.29 is 18.0 Å². The van der Waals surface area contributed by atoms with Crippen LogP contribution in [0.1, 0.15) is 28.7 Å². The number of halogens is 5. The second kappa shape index (κ2) is 6.81.